The van der Waals surface area contributed by atoms with Gasteiger partial charge in [-0.3, -0.25) is 0 Å². The van der Waals surface area contributed by atoms with Gasteiger partial charge in [0.05, 0.1) is 23.4 Å². The van der Waals surface area contributed by atoms with Crippen molar-refractivity contribution in [2.45, 2.75) is 76.7 Å². The van der Waals surface area contributed by atoms with Crippen LogP contribution in [-0.4, -0.2) is 59.9 Å². The highest BCUT2D eigenvalue weighted by Crippen LogP contribution is 2.40. The molecule has 2 rings (SSSR count). The van der Waals surface area contributed by atoms with Gasteiger partial charge in [-0.1, -0.05) is 32.9 Å². The van der Waals surface area contributed by atoms with Crippen LogP contribution >= 0.6 is 22.6 Å². The van der Waals surface area contributed by atoms with Gasteiger partial charge in [-0.25, -0.2) is 0 Å². The lowest BCUT2D eigenvalue weighted by Gasteiger charge is -2.38. The van der Waals surface area contributed by atoms with Crippen molar-refractivity contribution < 1.29 is 28.5 Å². The van der Waals surface area contributed by atoms with Gasteiger partial charge in [0.25, 0.3) is 0 Å². The molecule has 0 heterocycles. The van der Waals surface area contributed by atoms with Gasteiger partial charge < -0.3 is 28.5 Å². The number of halogens is 1. The molecule has 0 radical (unpaired) electrons. The summed E-state index contributed by atoms with van der Waals surface area (Å²) in [5.74, 6) is 1.39. The third-order valence-electron chi connectivity index (χ3n) is 6.48. The van der Waals surface area contributed by atoms with E-state index < -0.39 is 14.4 Å². The fraction of sp³-hybridized carbons (Fsp3) is 0.667. The normalized spacial score (nSPS) is 19.8. The van der Waals surface area contributed by atoms with Crippen LogP contribution in [0, 0.1) is 3.57 Å². The lowest BCUT2D eigenvalue weighted by molar-refractivity contribution is -0.100. The topological polar surface area (TPSA) is 66.4 Å². The van der Waals surface area contributed by atoms with Crippen LogP contribution in [0.1, 0.15) is 39.2 Å². The van der Waals surface area contributed by atoms with E-state index in [0.29, 0.717) is 30.9 Å². The molecule has 0 fully saturated rings. The minimum atomic E-state index is -1.93. The average Bonchev–Trinajstić information content (AvgIpc) is 2.73. The van der Waals surface area contributed by atoms with Gasteiger partial charge in [0.1, 0.15) is 6.10 Å². The summed E-state index contributed by atoms with van der Waals surface area (Å²) in [5.41, 5.74) is 2.05. The molecule has 0 amide bonds. The van der Waals surface area contributed by atoms with Gasteiger partial charge in [0.2, 0.25) is 0 Å². The molecule has 182 valence electrons. The molecule has 0 saturated carbocycles. The molecule has 1 N–H and O–H groups in total. The first-order valence-electron chi connectivity index (χ1n) is 11.0. The molecule has 6 nitrogen and oxygen atoms in total. The molecule has 1 aliphatic rings. The molecule has 1 aliphatic carbocycles. The molecule has 32 heavy (non-hydrogen) atoms. The quantitative estimate of drug-likeness (QED) is 0.176. The SMILES string of the molecule is COc1ccc(CC(OC)OC)c(I)c1O[C@H]1CC[C@@H](O)C=C1CO[Si](C)(C)C(C)(C)C. The van der Waals surface area contributed by atoms with Crippen molar-refractivity contribution in [2.75, 3.05) is 27.9 Å². The van der Waals surface area contributed by atoms with E-state index in [4.69, 9.17) is 23.4 Å². The Kier molecular flexibility index (Phi) is 10.1. The summed E-state index contributed by atoms with van der Waals surface area (Å²) in [5, 5.41) is 10.4. The number of ether oxygens (including phenoxy) is 4. The van der Waals surface area contributed by atoms with E-state index in [1.54, 1.807) is 21.3 Å². The Morgan fingerprint density at radius 1 is 1.12 bits per heavy atom. The van der Waals surface area contributed by atoms with E-state index in [9.17, 15) is 5.11 Å². The zero-order valence-electron chi connectivity index (χ0n) is 20.7. The molecule has 0 aliphatic heterocycles. The first kappa shape index (κ1) is 27.6. The number of hydrogen-bond acceptors (Lipinski definition) is 6. The third-order valence-corrected chi connectivity index (χ3v) is 12.1. The lowest BCUT2D eigenvalue weighted by atomic mass is 9.95. The maximum Gasteiger partial charge on any atom is 0.192 e. The van der Waals surface area contributed by atoms with E-state index in [2.05, 4.69) is 56.5 Å². The Morgan fingerprint density at radius 3 is 2.34 bits per heavy atom. The molecule has 0 spiro atoms. The van der Waals surface area contributed by atoms with Gasteiger partial charge in [0.15, 0.2) is 26.1 Å². The monoisotopic (exact) mass is 578 g/mol. The fourth-order valence-corrected chi connectivity index (χ4v) is 5.05. The maximum atomic E-state index is 10.3. The van der Waals surface area contributed by atoms with Gasteiger partial charge in [-0.15, -0.1) is 0 Å². The van der Waals surface area contributed by atoms with Crippen molar-refractivity contribution in [1.82, 2.24) is 0 Å². The molecule has 0 unspecified atom stereocenters. The smallest absolute Gasteiger partial charge is 0.192 e. The molecule has 1 aromatic carbocycles. The summed E-state index contributed by atoms with van der Waals surface area (Å²) in [7, 11) is 2.98. The zero-order chi connectivity index (χ0) is 24.1. The molecule has 8 heteroatoms. The van der Waals surface area contributed by atoms with Crippen LogP contribution in [0.25, 0.3) is 0 Å². The summed E-state index contributed by atoms with van der Waals surface area (Å²) >= 11 is 2.30. The van der Waals surface area contributed by atoms with Crippen LogP contribution in [0.15, 0.2) is 23.8 Å². The Morgan fingerprint density at radius 2 is 1.78 bits per heavy atom. The van der Waals surface area contributed by atoms with Crippen LogP contribution in [0.2, 0.25) is 18.1 Å². The van der Waals surface area contributed by atoms with Gasteiger partial charge in [-0.05, 0) is 70.8 Å². The molecular formula is C24H39IO6Si. The summed E-state index contributed by atoms with van der Waals surface area (Å²) in [4.78, 5) is 0. The summed E-state index contributed by atoms with van der Waals surface area (Å²) < 4.78 is 30.3. The van der Waals surface area contributed by atoms with Crippen molar-refractivity contribution in [1.29, 1.82) is 0 Å². The van der Waals surface area contributed by atoms with Crippen LogP contribution in [0.3, 0.4) is 0 Å². The highest BCUT2D eigenvalue weighted by molar-refractivity contribution is 14.1. The minimum Gasteiger partial charge on any atom is -0.493 e. The number of methoxy groups -OCH3 is 3. The van der Waals surface area contributed by atoms with Crippen LogP contribution in [0.4, 0.5) is 0 Å². The summed E-state index contributed by atoms with van der Waals surface area (Å²) in [6, 6.07) is 3.93. The highest BCUT2D eigenvalue weighted by atomic mass is 127. The molecule has 0 bridgehead atoms. The zero-order valence-corrected chi connectivity index (χ0v) is 23.8. The second-order valence-corrected chi connectivity index (χ2v) is 15.6. The Labute approximate surface area is 207 Å². The lowest BCUT2D eigenvalue weighted by Crippen LogP contribution is -2.42. The van der Waals surface area contributed by atoms with E-state index in [1.165, 1.54) is 0 Å². The minimum absolute atomic E-state index is 0.114. The number of aliphatic hydroxyl groups excluding tert-OH is 1. The van der Waals surface area contributed by atoms with Gasteiger partial charge in [0, 0.05) is 20.6 Å². The summed E-state index contributed by atoms with van der Waals surface area (Å²) in [6.07, 6.45) is 2.90. The Balaban J connectivity index is 2.29. The Bertz CT molecular complexity index is 785. The van der Waals surface area contributed by atoms with Crippen molar-refractivity contribution in [3.63, 3.8) is 0 Å². The van der Waals surface area contributed by atoms with E-state index in [1.807, 2.05) is 18.2 Å². The predicted octanol–water partition coefficient (Wildman–Crippen LogP) is 5.31. The van der Waals surface area contributed by atoms with Crippen molar-refractivity contribution in [3.05, 3.63) is 32.9 Å². The standard InChI is InChI=1S/C24H39IO6Si/c1-24(2,3)32(7,8)30-15-17-13-18(26)10-12-19(17)31-23-20(27-4)11-9-16(22(23)25)14-21(28-5)29-6/h9,11,13,18-19,21,26H,10,12,14-15H2,1-8H3/t18-,19+/m1/s1. The highest BCUT2D eigenvalue weighted by Gasteiger charge is 2.38. The van der Waals surface area contributed by atoms with Crippen molar-refractivity contribution >= 4 is 30.9 Å². The molecular weight excluding hydrogens is 539 g/mol. The van der Waals surface area contributed by atoms with Crippen molar-refractivity contribution in [3.8, 4) is 11.5 Å². The van der Waals surface area contributed by atoms with Crippen LogP contribution < -0.4 is 9.47 Å². The molecule has 1 aromatic rings. The van der Waals surface area contributed by atoms with Gasteiger partial charge in [-0.2, -0.15) is 0 Å². The number of hydrogen-bond donors (Lipinski definition) is 1. The first-order valence-corrected chi connectivity index (χ1v) is 15.0. The second kappa shape index (κ2) is 11.7. The first-order chi connectivity index (χ1) is 14.9. The molecule has 0 saturated heterocycles. The number of benzene rings is 1. The van der Waals surface area contributed by atoms with E-state index in [-0.39, 0.29) is 17.4 Å². The van der Waals surface area contributed by atoms with Crippen molar-refractivity contribution in [2.24, 2.45) is 0 Å². The second-order valence-electron chi connectivity index (χ2n) is 9.72. The maximum absolute atomic E-state index is 10.3. The van der Waals surface area contributed by atoms with E-state index in [0.717, 1.165) is 21.1 Å². The average molecular weight is 579 g/mol. The van der Waals surface area contributed by atoms with Gasteiger partial charge >= 0.3 is 0 Å². The van der Waals surface area contributed by atoms with E-state index >= 15 is 0 Å². The third kappa shape index (κ3) is 6.93. The number of rotatable bonds is 10. The molecule has 2 atom stereocenters. The Hall–Kier alpha value is -0.653. The molecule has 0 aromatic heterocycles. The van der Waals surface area contributed by atoms with Crippen LogP contribution in [-0.2, 0) is 20.3 Å². The predicted molar refractivity (Wildman–Crippen MR) is 138 cm³/mol. The summed E-state index contributed by atoms with van der Waals surface area (Å²) in [6.45, 7) is 11.6. The fourth-order valence-electron chi connectivity index (χ4n) is 3.29. The van der Waals surface area contributed by atoms with Crippen LogP contribution in [0.5, 0.6) is 11.5 Å². The largest absolute Gasteiger partial charge is 0.493 e. The number of aliphatic hydroxyl groups is 1.